The summed E-state index contributed by atoms with van der Waals surface area (Å²) in [4.78, 5) is 12.5. The minimum atomic E-state index is -0.00542. The molecule has 1 heterocycles. The number of nitrogens with zero attached hydrogens (tertiary/aromatic N) is 1. The molecule has 1 aromatic heterocycles. The SMILES string of the molecule is NCC1CCCCC1NC(=O)c1cc(Cl)cn1C1CC1. The van der Waals surface area contributed by atoms with Gasteiger partial charge in [0, 0.05) is 18.3 Å². The van der Waals surface area contributed by atoms with Crippen LogP contribution >= 0.6 is 11.6 Å². The average molecular weight is 296 g/mol. The Labute approximate surface area is 124 Å². The van der Waals surface area contributed by atoms with Crippen molar-refractivity contribution in [1.29, 1.82) is 0 Å². The maximum Gasteiger partial charge on any atom is 0.268 e. The van der Waals surface area contributed by atoms with Gasteiger partial charge in [-0.15, -0.1) is 0 Å². The highest BCUT2D eigenvalue weighted by molar-refractivity contribution is 6.31. The Bertz CT molecular complexity index is 495. The fraction of sp³-hybridized carbons (Fsp3) is 0.667. The third kappa shape index (κ3) is 2.86. The lowest BCUT2D eigenvalue weighted by molar-refractivity contribution is 0.0898. The lowest BCUT2D eigenvalue weighted by Crippen LogP contribution is -2.45. The van der Waals surface area contributed by atoms with Crippen molar-refractivity contribution in [2.45, 2.75) is 50.6 Å². The highest BCUT2D eigenvalue weighted by Crippen LogP contribution is 2.37. The molecule has 0 radical (unpaired) electrons. The summed E-state index contributed by atoms with van der Waals surface area (Å²) in [5, 5.41) is 3.81. The number of nitrogens with two attached hydrogens (primary N) is 1. The zero-order chi connectivity index (χ0) is 14.1. The van der Waals surface area contributed by atoms with E-state index >= 15 is 0 Å². The molecule has 2 aliphatic carbocycles. The minimum Gasteiger partial charge on any atom is -0.348 e. The molecular formula is C15H22ClN3O. The van der Waals surface area contributed by atoms with Crippen LogP contribution in [0.25, 0.3) is 0 Å². The molecule has 0 spiro atoms. The van der Waals surface area contributed by atoms with E-state index in [1.807, 2.05) is 10.8 Å². The van der Waals surface area contributed by atoms with Gasteiger partial charge in [-0.05, 0) is 44.2 Å². The van der Waals surface area contributed by atoms with Crippen LogP contribution in [-0.2, 0) is 0 Å². The van der Waals surface area contributed by atoms with Crippen molar-refractivity contribution in [2.24, 2.45) is 11.7 Å². The highest BCUT2D eigenvalue weighted by atomic mass is 35.5. The average Bonchev–Trinajstić information content (AvgIpc) is 3.22. The van der Waals surface area contributed by atoms with Gasteiger partial charge < -0.3 is 15.6 Å². The number of carbonyl (C=O) groups is 1. The van der Waals surface area contributed by atoms with E-state index in [4.69, 9.17) is 17.3 Å². The quantitative estimate of drug-likeness (QED) is 0.897. The summed E-state index contributed by atoms with van der Waals surface area (Å²) in [6.07, 6.45) is 8.69. The number of halogens is 1. The maximum absolute atomic E-state index is 12.5. The number of hydrogen-bond donors (Lipinski definition) is 2. The topological polar surface area (TPSA) is 60.0 Å². The van der Waals surface area contributed by atoms with Crippen LogP contribution in [0.1, 0.15) is 55.1 Å². The van der Waals surface area contributed by atoms with Crippen LogP contribution in [0.15, 0.2) is 12.3 Å². The molecule has 2 fully saturated rings. The second-order valence-corrected chi connectivity index (χ2v) is 6.48. The van der Waals surface area contributed by atoms with Gasteiger partial charge in [0.05, 0.1) is 5.02 Å². The van der Waals surface area contributed by atoms with Gasteiger partial charge in [-0.1, -0.05) is 24.4 Å². The Morgan fingerprint density at radius 3 is 2.80 bits per heavy atom. The monoisotopic (exact) mass is 295 g/mol. The lowest BCUT2D eigenvalue weighted by Gasteiger charge is -2.31. The zero-order valence-electron chi connectivity index (χ0n) is 11.6. The number of nitrogens with one attached hydrogen (secondary N) is 1. The first kappa shape index (κ1) is 14.0. The van der Waals surface area contributed by atoms with Gasteiger partial charge in [0.15, 0.2) is 0 Å². The summed E-state index contributed by atoms with van der Waals surface area (Å²) in [7, 11) is 0. The van der Waals surface area contributed by atoms with E-state index < -0.39 is 0 Å². The van der Waals surface area contributed by atoms with E-state index in [2.05, 4.69) is 5.32 Å². The van der Waals surface area contributed by atoms with E-state index in [0.717, 1.165) is 25.7 Å². The Kier molecular flexibility index (Phi) is 4.03. The van der Waals surface area contributed by atoms with Crippen molar-refractivity contribution >= 4 is 17.5 Å². The van der Waals surface area contributed by atoms with Gasteiger partial charge in [0.2, 0.25) is 0 Å². The third-order valence-corrected chi connectivity index (χ3v) is 4.72. The number of aromatic nitrogens is 1. The van der Waals surface area contributed by atoms with Crippen molar-refractivity contribution in [2.75, 3.05) is 6.54 Å². The Hall–Kier alpha value is -1.00. The highest BCUT2D eigenvalue weighted by Gasteiger charge is 2.30. The molecule has 0 aliphatic heterocycles. The van der Waals surface area contributed by atoms with Crippen LogP contribution < -0.4 is 11.1 Å². The fourth-order valence-electron chi connectivity index (χ4n) is 3.20. The van der Waals surface area contributed by atoms with E-state index in [1.165, 1.54) is 12.8 Å². The van der Waals surface area contributed by atoms with Crippen LogP contribution in [0.4, 0.5) is 0 Å². The number of carbonyl (C=O) groups excluding carboxylic acids is 1. The summed E-state index contributed by atoms with van der Waals surface area (Å²) < 4.78 is 2.03. The van der Waals surface area contributed by atoms with Crippen LogP contribution in [0.2, 0.25) is 5.02 Å². The summed E-state index contributed by atoms with van der Waals surface area (Å²) >= 11 is 6.06. The van der Waals surface area contributed by atoms with Gasteiger partial charge in [-0.25, -0.2) is 0 Å². The van der Waals surface area contributed by atoms with Gasteiger partial charge in [0.25, 0.3) is 5.91 Å². The summed E-state index contributed by atoms with van der Waals surface area (Å²) in [5.74, 6) is 0.404. The molecule has 3 rings (SSSR count). The molecule has 110 valence electrons. The van der Waals surface area contributed by atoms with Crippen molar-refractivity contribution in [3.8, 4) is 0 Å². The molecule has 1 amide bonds. The maximum atomic E-state index is 12.5. The van der Waals surface area contributed by atoms with Crippen molar-refractivity contribution in [1.82, 2.24) is 9.88 Å². The van der Waals surface area contributed by atoms with E-state index in [0.29, 0.717) is 29.2 Å². The molecule has 20 heavy (non-hydrogen) atoms. The molecule has 0 bridgehead atoms. The molecule has 2 saturated carbocycles. The first-order chi connectivity index (χ1) is 9.69. The smallest absolute Gasteiger partial charge is 0.268 e. The molecule has 4 nitrogen and oxygen atoms in total. The van der Waals surface area contributed by atoms with Crippen LogP contribution in [0, 0.1) is 5.92 Å². The zero-order valence-corrected chi connectivity index (χ0v) is 12.4. The van der Waals surface area contributed by atoms with Crippen LogP contribution in [0.5, 0.6) is 0 Å². The predicted molar refractivity (Wildman–Crippen MR) is 80.0 cm³/mol. The molecular weight excluding hydrogens is 274 g/mol. The van der Waals surface area contributed by atoms with Gasteiger partial charge in [-0.3, -0.25) is 4.79 Å². The first-order valence-electron chi connectivity index (χ1n) is 7.57. The molecule has 2 unspecified atom stereocenters. The Morgan fingerprint density at radius 1 is 1.35 bits per heavy atom. The second kappa shape index (κ2) is 5.78. The first-order valence-corrected chi connectivity index (χ1v) is 7.95. The molecule has 0 saturated heterocycles. The van der Waals surface area contributed by atoms with Crippen LogP contribution in [-0.4, -0.2) is 23.1 Å². The lowest BCUT2D eigenvalue weighted by atomic mass is 9.84. The van der Waals surface area contributed by atoms with E-state index in [9.17, 15) is 4.79 Å². The van der Waals surface area contributed by atoms with Crippen molar-refractivity contribution in [3.63, 3.8) is 0 Å². The van der Waals surface area contributed by atoms with Gasteiger partial charge >= 0.3 is 0 Å². The van der Waals surface area contributed by atoms with E-state index in [1.54, 1.807) is 6.07 Å². The predicted octanol–water partition coefficient (Wildman–Crippen LogP) is 2.72. The largest absolute Gasteiger partial charge is 0.348 e. The summed E-state index contributed by atoms with van der Waals surface area (Å²) in [6, 6.07) is 2.44. The van der Waals surface area contributed by atoms with Crippen molar-refractivity contribution in [3.05, 3.63) is 23.0 Å². The molecule has 1 aromatic rings. The standard InChI is InChI=1S/C15H22ClN3O/c16-11-7-14(19(9-11)12-5-6-12)15(20)18-13-4-2-1-3-10(13)8-17/h7,9-10,12-13H,1-6,8,17H2,(H,18,20). The number of rotatable bonds is 4. The third-order valence-electron chi connectivity index (χ3n) is 4.52. The minimum absolute atomic E-state index is 0.00542. The van der Waals surface area contributed by atoms with Gasteiger partial charge in [0.1, 0.15) is 5.69 Å². The molecule has 0 aromatic carbocycles. The van der Waals surface area contributed by atoms with Crippen LogP contribution in [0.3, 0.4) is 0 Å². The second-order valence-electron chi connectivity index (χ2n) is 6.04. The fourth-order valence-corrected chi connectivity index (χ4v) is 3.41. The molecule has 3 N–H and O–H groups in total. The molecule has 2 aliphatic rings. The molecule has 5 heteroatoms. The number of amides is 1. The van der Waals surface area contributed by atoms with Crippen molar-refractivity contribution < 1.29 is 4.79 Å². The van der Waals surface area contributed by atoms with Gasteiger partial charge in [-0.2, -0.15) is 0 Å². The summed E-state index contributed by atoms with van der Waals surface area (Å²) in [5.41, 5.74) is 6.52. The molecule has 2 atom stereocenters. The number of hydrogen-bond acceptors (Lipinski definition) is 2. The normalized spacial score (nSPS) is 26.5. The summed E-state index contributed by atoms with van der Waals surface area (Å²) in [6.45, 7) is 0.648. The Balaban J connectivity index is 1.72. The van der Waals surface area contributed by atoms with E-state index in [-0.39, 0.29) is 11.9 Å². The Morgan fingerprint density at radius 2 is 2.10 bits per heavy atom.